The highest BCUT2D eigenvalue weighted by atomic mass is 16.7. The van der Waals surface area contributed by atoms with Gasteiger partial charge in [-0.05, 0) is 199 Å². The van der Waals surface area contributed by atoms with Gasteiger partial charge in [0.2, 0.25) is 0 Å². The van der Waals surface area contributed by atoms with Crippen LogP contribution in [-0.2, 0) is 46.2 Å². The van der Waals surface area contributed by atoms with E-state index in [1.165, 1.54) is 37.7 Å². The number of epoxide rings is 1. The van der Waals surface area contributed by atoms with Crippen molar-refractivity contribution in [3.63, 3.8) is 0 Å². The van der Waals surface area contributed by atoms with Crippen molar-refractivity contribution < 1.29 is 53.1 Å². The van der Waals surface area contributed by atoms with Crippen LogP contribution in [0.5, 0.6) is 0 Å². The van der Waals surface area contributed by atoms with E-state index in [1.54, 1.807) is 6.26 Å². The van der Waals surface area contributed by atoms with Gasteiger partial charge in [-0.25, -0.2) is 4.79 Å². The Morgan fingerprint density at radius 3 is 2.41 bits per heavy atom. The second kappa shape index (κ2) is 19.5. The van der Waals surface area contributed by atoms with Gasteiger partial charge >= 0.3 is 11.9 Å². The summed E-state index contributed by atoms with van der Waals surface area (Å²) in [6.45, 7) is 5.98. The number of nitrogens with one attached hydrogen (secondary N) is 1. The lowest BCUT2D eigenvalue weighted by molar-refractivity contribution is -0.286. The Kier molecular flexibility index (Phi) is 12.8. The molecule has 21 atom stereocenters. The predicted molar refractivity (Wildman–Crippen MR) is 307 cm³/mol. The van der Waals surface area contributed by atoms with Crippen molar-refractivity contribution in [2.75, 3.05) is 26.4 Å². The van der Waals surface area contributed by atoms with Crippen LogP contribution in [0.4, 0.5) is 0 Å². The number of carbonyl (C=O) groups excluding carboxylic acids is 3. The van der Waals surface area contributed by atoms with E-state index in [2.05, 4.69) is 66.7 Å². The van der Waals surface area contributed by atoms with Gasteiger partial charge in [0.1, 0.15) is 30.2 Å². The number of nitrogens with zero attached hydrogens (tertiary/aromatic N) is 1. The first-order chi connectivity index (χ1) is 40.2. The maximum Gasteiger partial charge on any atom is 0.339 e. The third-order valence-corrected chi connectivity index (χ3v) is 28.1. The summed E-state index contributed by atoms with van der Waals surface area (Å²) in [5, 5.41) is 40.6. The normalized spacial score (nSPS) is 48.2. The zero-order chi connectivity index (χ0) is 56.5. The molecule has 7 heterocycles. The van der Waals surface area contributed by atoms with Gasteiger partial charge in [-0.3, -0.25) is 14.9 Å². The number of ketones is 1. The Bertz CT molecular complexity index is 2900. The fourth-order valence-electron chi connectivity index (χ4n) is 24.9. The largest absolute Gasteiger partial charge is 0.469 e. The van der Waals surface area contributed by atoms with Crippen molar-refractivity contribution >= 4 is 17.7 Å². The van der Waals surface area contributed by atoms with E-state index in [4.69, 9.17) is 23.4 Å². The third-order valence-electron chi connectivity index (χ3n) is 28.1. The molecule has 16 rings (SSSR count). The summed E-state index contributed by atoms with van der Waals surface area (Å²) < 4.78 is 36.0. The molecular weight excluding hydrogens is 1040 g/mol. The number of cyclic esters (lactones) is 2. The summed E-state index contributed by atoms with van der Waals surface area (Å²) in [7, 11) is 0. The van der Waals surface area contributed by atoms with Crippen LogP contribution in [0.25, 0.3) is 0 Å². The highest BCUT2D eigenvalue weighted by Gasteiger charge is 2.94. The molecule has 13 fully saturated rings. The molecule has 0 radical (unpaired) electrons. The Morgan fingerprint density at radius 1 is 0.795 bits per heavy atom. The fourth-order valence-corrected chi connectivity index (χ4v) is 24.9. The lowest BCUT2D eigenvalue weighted by Gasteiger charge is -2.71. The Hall–Kier alpha value is -3.59. The molecule has 13 nitrogen and oxygen atoms in total. The SMILES string of the molecule is CC1(C2CCCCC2)OC2C3(CCC4(CCC5(CCCC5)C4)C3)C(=O)OCC23C1C(=O)C(O)C1(C2CCCC(Cc4ccccc4)C2)C3CCC2(C)C(c3ccoc3CC(C(O)CO)C3CCC4C(C=CN5CNCC45)C3)OC(=O)C3OC321. The van der Waals surface area contributed by atoms with Gasteiger partial charge in [-0.15, -0.1) is 0 Å². The molecule has 450 valence electrons. The van der Waals surface area contributed by atoms with Crippen molar-refractivity contribution in [1.82, 2.24) is 10.2 Å². The summed E-state index contributed by atoms with van der Waals surface area (Å²) in [6, 6.07) is 13.1. The molecule has 0 bridgehead atoms. The van der Waals surface area contributed by atoms with Crippen LogP contribution in [0.15, 0.2) is 59.4 Å². The Balaban J connectivity index is 0.825. The third kappa shape index (κ3) is 7.48. The first kappa shape index (κ1) is 54.8. The van der Waals surface area contributed by atoms with Gasteiger partial charge in [-0.2, -0.15) is 0 Å². The van der Waals surface area contributed by atoms with Crippen molar-refractivity contribution in [3.8, 4) is 0 Å². The van der Waals surface area contributed by atoms with Gasteiger partial charge in [0.25, 0.3) is 0 Å². The molecule has 5 saturated heterocycles. The van der Waals surface area contributed by atoms with Crippen LogP contribution in [0.2, 0.25) is 0 Å². The van der Waals surface area contributed by atoms with Crippen LogP contribution >= 0.6 is 0 Å². The lowest BCUT2D eigenvalue weighted by Crippen LogP contribution is -2.80. The highest BCUT2D eigenvalue weighted by Crippen LogP contribution is 2.85. The number of esters is 2. The number of aliphatic hydroxyl groups is 3. The van der Waals surface area contributed by atoms with E-state index in [9.17, 15) is 15.3 Å². The van der Waals surface area contributed by atoms with Crippen LogP contribution < -0.4 is 5.32 Å². The minimum absolute atomic E-state index is 0.0127. The second-order valence-corrected chi connectivity index (χ2v) is 31.4. The number of hydrogen-bond donors (Lipinski definition) is 4. The monoisotopic (exact) mass is 1140 g/mol. The molecule has 1 aromatic carbocycles. The van der Waals surface area contributed by atoms with Crippen LogP contribution in [0.3, 0.4) is 0 Å². The van der Waals surface area contributed by atoms with E-state index >= 15 is 14.4 Å². The molecule has 0 amide bonds. The Labute approximate surface area is 491 Å². The summed E-state index contributed by atoms with van der Waals surface area (Å²) in [6.07, 6.45) is 26.2. The number of furan rings is 1. The summed E-state index contributed by atoms with van der Waals surface area (Å²) in [4.78, 5) is 50.5. The topological polar surface area (TPSA) is 181 Å². The molecule has 2 aromatic rings. The predicted octanol–water partition coefficient (Wildman–Crippen LogP) is 10.5. The Morgan fingerprint density at radius 2 is 1.59 bits per heavy atom. The summed E-state index contributed by atoms with van der Waals surface area (Å²) in [5.74, 6) is -0.434. The average molecular weight is 1140 g/mol. The quantitative estimate of drug-likeness (QED) is 0.131. The van der Waals surface area contributed by atoms with Crippen LogP contribution in [0.1, 0.15) is 191 Å². The molecule has 1 aromatic heterocycles. The van der Waals surface area contributed by atoms with Crippen LogP contribution in [0, 0.1) is 85.8 Å². The maximum absolute atomic E-state index is 17.1. The van der Waals surface area contributed by atoms with E-state index in [-0.39, 0.29) is 65.9 Å². The summed E-state index contributed by atoms with van der Waals surface area (Å²) >= 11 is 0. The molecule has 6 aliphatic heterocycles. The van der Waals surface area contributed by atoms with Crippen molar-refractivity contribution in [2.24, 2.45) is 85.8 Å². The number of carbonyl (C=O) groups is 3. The number of aliphatic hydroxyl groups excluding tert-OH is 3. The van der Waals surface area contributed by atoms with Crippen LogP contribution in [-0.4, -0.2) is 106 Å². The number of benzene rings is 1. The fraction of sp³-hybridized carbons (Fsp3) is 0.786. The molecule has 21 unspecified atom stereocenters. The number of allylic oxidation sites excluding steroid dienone is 1. The number of fused-ring (bicyclic) bond motifs is 5. The number of ether oxygens (including phenoxy) is 4. The standard InChI is InChI=1S/C70H94N2O11/c1-63-25-20-54-68-40-80-62(78)67(29-28-66(39-67)27-26-65(38-66)23-9-10-24-65)61(68)83-64(2,46-15-7-4-8-16-46)56(68)55(75)57(76)69(54,47-17-11-14-43(33-47)32-42-12-5-3-6-13-42)70(63)59(82-70)60(77)81-58(63)49-22-31-79-53(49)35-50(52(74)37-73)44-18-19-48-45(34-44)21-30-72-41-71-36-51(48)72/h3,5-6,12-13,21-22,30-31,43-48,50-52,54,56-59,61,71,73-74,76H,4,7-11,14-20,23-29,32-41H2,1-2H3. The van der Waals surface area contributed by atoms with Gasteiger partial charge in [0.15, 0.2) is 11.9 Å². The minimum Gasteiger partial charge on any atom is -0.469 e. The minimum atomic E-state index is -1.48. The highest BCUT2D eigenvalue weighted by molar-refractivity contribution is 5.93. The van der Waals surface area contributed by atoms with E-state index in [0.717, 1.165) is 128 Å². The smallest absolute Gasteiger partial charge is 0.339 e. The zero-order valence-electron chi connectivity index (χ0n) is 49.6. The molecule has 14 aliphatic rings. The molecule has 8 saturated carbocycles. The van der Waals surface area contributed by atoms with Crippen molar-refractivity contribution in [1.29, 1.82) is 0 Å². The molecule has 4 N–H and O–H groups in total. The lowest BCUT2D eigenvalue weighted by atomic mass is 9.31. The van der Waals surface area contributed by atoms with Gasteiger partial charge in [0.05, 0.1) is 48.7 Å². The van der Waals surface area contributed by atoms with Gasteiger partial charge in [0, 0.05) is 40.8 Å². The van der Waals surface area contributed by atoms with Gasteiger partial charge < -0.3 is 43.6 Å². The molecule has 83 heavy (non-hydrogen) atoms. The molecule has 8 aliphatic carbocycles. The molecule has 5 spiro atoms. The average Bonchev–Trinajstić information content (AvgIpc) is 1.49. The number of hydrogen-bond acceptors (Lipinski definition) is 13. The van der Waals surface area contributed by atoms with E-state index < -0.39 is 75.3 Å². The summed E-state index contributed by atoms with van der Waals surface area (Å²) in [5.41, 5.74) is -4.04. The van der Waals surface area contributed by atoms with Crippen molar-refractivity contribution in [3.05, 3.63) is 71.8 Å². The van der Waals surface area contributed by atoms with Crippen molar-refractivity contribution in [2.45, 2.75) is 229 Å². The number of Topliss-reactive ketones (excluding diaryl/α,β-unsaturated/α-hetero) is 1. The van der Waals surface area contributed by atoms with E-state index in [1.807, 2.05) is 6.07 Å². The molecule has 13 heteroatoms. The first-order valence-corrected chi connectivity index (χ1v) is 33.7. The maximum atomic E-state index is 17.1. The first-order valence-electron chi connectivity index (χ1n) is 33.7. The second-order valence-electron chi connectivity index (χ2n) is 31.4. The van der Waals surface area contributed by atoms with Gasteiger partial charge in [-0.1, -0.05) is 88.3 Å². The molecular formula is C70H94N2O11. The van der Waals surface area contributed by atoms with E-state index in [0.29, 0.717) is 54.7 Å². The number of rotatable bonds is 10. The zero-order valence-corrected chi connectivity index (χ0v) is 49.6.